The van der Waals surface area contributed by atoms with Gasteiger partial charge in [-0.3, -0.25) is 9.59 Å². The molecule has 1 rings (SSSR count). The zero-order chi connectivity index (χ0) is 13.5. The summed E-state index contributed by atoms with van der Waals surface area (Å²) in [6.45, 7) is 6.11. The van der Waals surface area contributed by atoms with Crippen LogP contribution in [0.25, 0.3) is 0 Å². The van der Waals surface area contributed by atoms with Gasteiger partial charge in [0.2, 0.25) is 5.91 Å². The van der Waals surface area contributed by atoms with Gasteiger partial charge in [0.05, 0.1) is 6.54 Å². The Balaban J connectivity index is 2.47. The molecule has 0 unspecified atom stereocenters. The van der Waals surface area contributed by atoms with E-state index in [2.05, 4.69) is 12.2 Å². The molecule has 1 amide bonds. The summed E-state index contributed by atoms with van der Waals surface area (Å²) >= 11 is 0. The molecular weight excluding hydrogens is 226 g/mol. The number of hydrogen-bond donors (Lipinski definition) is 1. The molecule has 0 atom stereocenters. The zero-order valence-corrected chi connectivity index (χ0v) is 11.3. The number of nitrogens with one attached hydrogen (secondary N) is 1. The zero-order valence-electron chi connectivity index (χ0n) is 11.3. The number of hydrogen-bond acceptors (Lipinski definition) is 2. The first-order valence-corrected chi connectivity index (χ1v) is 6.41. The van der Waals surface area contributed by atoms with Crippen molar-refractivity contribution in [3.8, 4) is 0 Å². The Morgan fingerprint density at radius 1 is 1.17 bits per heavy atom. The second-order valence-corrected chi connectivity index (χ2v) is 4.85. The predicted molar refractivity (Wildman–Crippen MR) is 72.6 cm³/mol. The van der Waals surface area contributed by atoms with Crippen LogP contribution in [0.5, 0.6) is 0 Å². The normalized spacial score (nSPS) is 10.4. The summed E-state index contributed by atoms with van der Waals surface area (Å²) in [5, 5.41) is 2.65. The van der Waals surface area contributed by atoms with Crippen molar-refractivity contribution in [2.24, 2.45) is 5.92 Å². The van der Waals surface area contributed by atoms with E-state index in [0.29, 0.717) is 17.9 Å². The van der Waals surface area contributed by atoms with Gasteiger partial charge in [-0.25, -0.2) is 0 Å². The van der Waals surface area contributed by atoms with Gasteiger partial charge in [0.25, 0.3) is 0 Å². The minimum Gasteiger partial charge on any atom is -0.349 e. The van der Waals surface area contributed by atoms with Crippen LogP contribution in [-0.4, -0.2) is 18.2 Å². The Morgan fingerprint density at radius 3 is 2.28 bits per heavy atom. The summed E-state index contributed by atoms with van der Waals surface area (Å²) in [6, 6.07) is 7.53. The average Bonchev–Trinajstić information content (AvgIpc) is 2.35. The average molecular weight is 247 g/mol. The quantitative estimate of drug-likeness (QED) is 0.785. The predicted octanol–water partition coefficient (Wildman–Crippen LogP) is 2.59. The van der Waals surface area contributed by atoms with E-state index in [9.17, 15) is 9.59 Å². The first-order valence-electron chi connectivity index (χ1n) is 6.41. The topological polar surface area (TPSA) is 46.2 Å². The van der Waals surface area contributed by atoms with E-state index in [1.807, 2.05) is 38.1 Å². The van der Waals surface area contributed by atoms with Crippen LogP contribution in [0.15, 0.2) is 24.3 Å². The van der Waals surface area contributed by atoms with E-state index in [1.165, 1.54) is 5.56 Å². The molecule has 0 fully saturated rings. The van der Waals surface area contributed by atoms with Gasteiger partial charge in [0.1, 0.15) is 0 Å². The molecule has 0 bridgehead atoms. The highest BCUT2D eigenvalue weighted by atomic mass is 16.2. The van der Waals surface area contributed by atoms with Gasteiger partial charge >= 0.3 is 0 Å². The van der Waals surface area contributed by atoms with Gasteiger partial charge in [0, 0.05) is 12.0 Å². The van der Waals surface area contributed by atoms with Gasteiger partial charge in [-0.15, -0.1) is 0 Å². The van der Waals surface area contributed by atoms with Crippen LogP contribution in [0.3, 0.4) is 0 Å². The van der Waals surface area contributed by atoms with Crippen molar-refractivity contribution in [3.63, 3.8) is 0 Å². The van der Waals surface area contributed by atoms with Gasteiger partial charge in [-0.1, -0.05) is 45.0 Å². The lowest BCUT2D eigenvalue weighted by molar-refractivity contribution is -0.121. The number of benzene rings is 1. The summed E-state index contributed by atoms with van der Waals surface area (Å²) in [7, 11) is 0. The molecule has 3 nitrogen and oxygen atoms in total. The first-order chi connectivity index (χ1) is 8.52. The minimum atomic E-state index is -0.0662. The van der Waals surface area contributed by atoms with E-state index >= 15 is 0 Å². The molecule has 0 spiro atoms. The van der Waals surface area contributed by atoms with Crippen molar-refractivity contribution in [1.29, 1.82) is 0 Å². The Bertz CT molecular complexity index is 407. The SMILES string of the molecule is CCc1ccc(C(=O)CNC(=O)CC(C)C)cc1. The van der Waals surface area contributed by atoms with Crippen molar-refractivity contribution in [1.82, 2.24) is 5.32 Å². The molecule has 0 heterocycles. The Labute approximate surface area is 109 Å². The van der Waals surface area contributed by atoms with Crippen LogP contribution in [0.1, 0.15) is 43.1 Å². The highest BCUT2D eigenvalue weighted by Crippen LogP contribution is 2.05. The van der Waals surface area contributed by atoms with Crippen LogP contribution in [0.4, 0.5) is 0 Å². The van der Waals surface area contributed by atoms with Crippen molar-refractivity contribution >= 4 is 11.7 Å². The van der Waals surface area contributed by atoms with Crippen molar-refractivity contribution < 1.29 is 9.59 Å². The fourth-order valence-electron chi connectivity index (χ4n) is 1.65. The molecule has 0 aliphatic rings. The molecule has 0 aromatic heterocycles. The maximum Gasteiger partial charge on any atom is 0.220 e. The molecule has 98 valence electrons. The Morgan fingerprint density at radius 2 is 1.78 bits per heavy atom. The first kappa shape index (κ1) is 14.4. The number of carbonyl (C=O) groups is 2. The second kappa shape index (κ2) is 6.94. The fraction of sp³-hybridized carbons (Fsp3) is 0.467. The fourth-order valence-corrected chi connectivity index (χ4v) is 1.65. The van der Waals surface area contributed by atoms with E-state index in [0.717, 1.165) is 6.42 Å². The van der Waals surface area contributed by atoms with Crippen molar-refractivity contribution in [3.05, 3.63) is 35.4 Å². The summed E-state index contributed by atoms with van der Waals surface area (Å²) in [5.41, 5.74) is 1.85. The van der Waals surface area contributed by atoms with E-state index < -0.39 is 0 Å². The minimum absolute atomic E-state index is 0.0465. The van der Waals surface area contributed by atoms with Gasteiger partial charge < -0.3 is 5.32 Å². The monoisotopic (exact) mass is 247 g/mol. The highest BCUT2D eigenvalue weighted by molar-refractivity contribution is 5.99. The maximum absolute atomic E-state index is 11.8. The summed E-state index contributed by atoms with van der Waals surface area (Å²) in [4.78, 5) is 23.2. The highest BCUT2D eigenvalue weighted by Gasteiger charge is 2.09. The van der Waals surface area contributed by atoms with Crippen molar-refractivity contribution in [2.45, 2.75) is 33.6 Å². The molecule has 0 aliphatic carbocycles. The third kappa shape index (κ3) is 4.70. The molecule has 1 N–H and O–H groups in total. The van der Waals surface area contributed by atoms with E-state index in [4.69, 9.17) is 0 Å². The van der Waals surface area contributed by atoms with Crippen LogP contribution in [-0.2, 0) is 11.2 Å². The summed E-state index contributed by atoms with van der Waals surface area (Å²) in [6.07, 6.45) is 1.42. The third-order valence-corrected chi connectivity index (χ3v) is 2.72. The van der Waals surface area contributed by atoms with Crippen LogP contribution >= 0.6 is 0 Å². The standard InChI is InChI=1S/C15H21NO2/c1-4-12-5-7-13(8-6-12)14(17)10-16-15(18)9-11(2)3/h5-8,11H,4,9-10H2,1-3H3,(H,16,18). The van der Waals surface area contributed by atoms with Crippen LogP contribution < -0.4 is 5.32 Å². The molecule has 0 radical (unpaired) electrons. The third-order valence-electron chi connectivity index (χ3n) is 2.72. The molecule has 3 heteroatoms. The van der Waals surface area contributed by atoms with E-state index in [-0.39, 0.29) is 18.2 Å². The number of ketones is 1. The van der Waals surface area contributed by atoms with Gasteiger partial charge in [0.15, 0.2) is 5.78 Å². The second-order valence-electron chi connectivity index (χ2n) is 4.85. The van der Waals surface area contributed by atoms with E-state index in [1.54, 1.807) is 0 Å². The number of carbonyl (C=O) groups excluding carboxylic acids is 2. The lowest BCUT2D eigenvalue weighted by Gasteiger charge is -2.07. The molecule has 0 aliphatic heterocycles. The van der Waals surface area contributed by atoms with Crippen LogP contribution in [0, 0.1) is 5.92 Å². The smallest absolute Gasteiger partial charge is 0.220 e. The van der Waals surface area contributed by atoms with Crippen LogP contribution in [0.2, 0.25) is 0 Å². The molecule has 1 aromatic rings. The maximum atomic E-state index is 11.8. The molecule has 0 saturated heterocycles. The number of amides is 1. The molecular formula is C15H21NO2. The summed E-state index contributed by atoms with van der Waals surface area (Å²) in [5.74, 6) is 0.197. The molecule has 18 heavy (non-hydrogen) atoms. The summed E-state index contributed by atoms with van der Waals surface area (Å²) < 4.78 is 0. The number of aryl methyl sites for hydroxylation is 1. The Hall–Kier alpha value is -1.64. The largest absolute Gasteiger partial charge is 0.349 e. The number of Topliss-reactive ketones (excluding diaryl/α,β-unsaturated/α-hetero) is 1. The lowest BCUT2D eigenvalue weighted by Crippen LogP contribution is -2.30. The number of rotatable bonds is 6. The lowest BCUT2D eigenvalue weighted by atomic mass is 10.1. The van der Waals surface area contributed by atoms with Gasteiger partial charge in [-0.2, -0.15) is 0 Å². The Kier molecular flexibility index (Phi) is 5.56. The van der Waals surface area contributed by atoms with Crippen molar-refractivity contribution in [2.75, 3.05) is 6.54 Å². The molecule has 1 aromatic carbocycles. The van der Waals surface area contributed by atoms with Gasteiger partial charge in [-0.05, 0) is 17.9 Å². The molecule has 0 saturated carbocycles.